The predicted octanol–water partition coefficient (Wildman–Crippen LogP) is 1.94. The summed E-state index contributed by atoms with van der Waals surface area (Å²) in [5.74, 6) is -0.0565. The first-order chi connectivity index (χ1) is 14.0. The second kappa shape index (κ2) is 9.09. The van der Waals surface area contributed by atoms with Gasteiger partial charge in [-0.1, -0.05) is 6.07 Å². The van der Waals surface area contributed by atoms with E-state index in [9.17, 15) is 14.7 Å². The molecule has 1 aliphatic heterocycles. The molecule has 1 aliphatic rings. The average Bonchev–Trinajstić information content (AvgIpc) is 2.77. The number of nitrogens with zero attached hydrogens (tertiary/aromatic N) is 3. The van der Waals surface area contributed by atoms with Gasteiger partial charge < -0.3 is 24.4 Å². The summed E-state index contributed by atoms with van der Waals surface area (Å²) in [4.78, 5) is 31.7. The van der Waals surface area contributed by atoms with Gasteiger partial charge in [-0.3, -0.25) is 4.79 Å². The number of carbonyl (C=O) groups is 2. The van der Waals surface area contributed by atoms with Crippen molar-refractivity contribution in [1.82, 2.24) is 9.88 Å². The zero-order chi connectivity index (χ0) is 20.8. The summed E-state index contributed by atoms with van der Waals surface area (Å²) in [7, 11) is 2.81. The Labute approximate surface area is 169 Å². The fourth-order valence-corrected chi connectivity index (χ4v) is 3.06. The molecule has 3 rings (SSSR count). The number of rotatable bonds is 5. The summed E-state index contributed by atoms with van der Waals surface area (Å²) in [6.07, 6.45) is 4.69. The lowest BCUT2D eigenvalue weighted by Gasteiger charge is -2.35. The Balaban J connectivity index is 1.55. The molecule has 8 heteroatoms. The molecule has 0 radical (unpaired) electrons. The molecule has 1 aromatic heterocycles. The van der Waals surface area contributed by atoms with Gasteiger partial charge in [0.1, 0.15) is 5.69 Å². The Morgan fingerprint density at radius 2 is 1.86 bits per heavy atom. The third kappa shape index (κ3) is 4.84. The summed E-state index contributed by atoms with van der Waals surface area (Å²) in [5.41, 5.74) is 1.83. The standard InChI is InChI=1S/C21H23N3O5/c1-28-19-7-5-16(13-18(19)25)23-9-11-24(12-10-23)20(26)8-4-15-3-6-17(22-14-15)21(27)29-2/h3-8,13-14,25H,9-12H2,1-2H3/b8-4+. The molecule has 0 saturated carbocycles. The molecule has 0 unspecified atom stereocenters. The lowest BCUT2D eigenvalue weighted by Crippen LogP contribution is -2.48. The minimum absolute atomic E-state index is 0.0840. The van der Waals surface area contributed by atoms with Crippen molar-refractivity contribution in [2.75, 3.05) is 45.3 Å². The van der Waals surface area contributed by atoms with E-state index >= 15 is 0 Å². The number of methoxy groups -OCH3 is 2. The van der Waals surface area contributed by atoms with Gasteiger partial charge in [0.25, 0.3) is 0 Å². The molecule has 0 bridgehead atoms. The van der Waals surface area contributed by atoms with Crippen molar-refractivity contribution in [3.63, 3.8) is 0 Å². The zero-order valence-corrected chi connectivity index (χ0v) is 16.4. The van der Waals surface area contributed by atoms with Crippen LogP contribution in [0.4, 0.5) is 5.69 Å². The number of piperazine rings is 1. The molecule has 8 nitrogen and oxygen atoms in total. The van der Waals surface area contributed by atoms with Crippen LogP contribution in [0.1, 0.15) is 16.1 Å². The number of esters is 1. The van der Waals surface area contributed by atoms with E-state index < -0.39 is 5.97 Å². The largest absolute Gasteiger partial charge is 0.504 e. The van der Waals surface area contributed by atoms with Gasteiger partial charge in [-0.05, 0) is 29.8 Å². The number of pyridine rings is 1. The quantitative estimate of drug-likeness (QED) is 0.609. The minimum Gasteiger partial charge on any atom is -0.504 e. The first kappa shape index (κ1) is 20.2. The number of ether oxygens (including phenoxy) is 2. The maximum Gasteiger partial charge on any atom is 0.356 e. The van der Waals surface area contributed by atoms with Gasteiger partial charge in [-0.25, -0.2) is 9.78 Å². The lowest BCUT2D eigenvalue weighted by atomic mass is 10.2. The first-order valence-electron chi connectivity index (χ1n) is 9.15. The highest BCUT2D eigenvalue weighted by Crippen LogP contribution is 2.30. The van der Waals surface area contributed by atoms with Crippen LogP contribution in [0.3, 0.4) is 0 Å². The summed E-state index contributed by atoms with van der Waals surface area (Å²) in [5, 5.41) is 9.95. The van der Waals surface area contributed by atoms with E-state index in [2.05, 4.69) is 14.6 Å². The van der Waals surface area contributed by atoms with E-state index in [0.717, 1.165) is 11.3 Å². The van der Waals surface area contributed by atoms with Crippen LogP contribution >= 0.6 is 0 Å². The fourth-order valence-electron chi connectivity index (χ4n) is 3.06. The molecule has 1 saturated heterocycles. The van der Waals surface area contributed by atoms with Crippen LogP contribution in [0.5, 0.6) is 11.5 Å². The Morgan fingerprint density at radius 1 is 1.10 bits per heavy atom. The van der Waals surface area contributed by atoms with Crippen LogP contribution in [0.2, 0.25) is 0 Å². The number of phenolic OH excluding ortho intramolecular Hbond substituents is 1. The molecule has 0 atom stereocenters. The molecule has 0 aliphatic carbocycles. The van der Waals surface area contributed by atoms with Gasteiger partial charge in [-0.15, -0.1) is 0 Å². The summed E-state index contributed by atoms with van der Waals surface area (Å²) in [6.45, 7) is 2.49. The van der Waals surface area contributed by atoms with Crippen molar-refractivity contribution in [2.45, 2.75) is 0 Å². The summed E-state index contributed by atoms with van der Waals surface area (Å²) in [6, 6.07) is 8.54. The van der Waals surface area contributed by atoms with Gasteiger partial charge >= 0.3 is 5.97 Å². The first-order valence-corrected chi connectivity index (χ1v) is 9.15. The summed E-state index contributed by atoms with van der Waals surface area (Å²) < 4.78 is 9.67. The molecular weight excluding hydrogens is 374 g/mol. The van der Waals surface area contributed by atoms with E-state index in [1.165, 1.54) is 26.5 Å². The maximum absolute atomic E-state index is 12.4. The molecule has 0 spiro atoms. The maximum atomic E-state index is 12.4. The van der Waals surface area contributed by atoms with Crippen LogP contribution in [0.25, 0.3) is 6.08 Å². The van der Waals surface area contributed by atoms with Gasteiger partial charge in [-0.2, -0.15) is 0 Å². The van der Waals surface area contributed by atoms with Crippen LogP contribution < -0.4 is 9.64 Å². The highest BCUT2D eigenvalue weighted by Gasteiger charge is 2.20. The number of aromatic hydroxyl groups is 1. The molecule has 29 heavy (non-hydrogen) atoms. The molecule has 1 N–H and O–H groups in total. The molecule has 152 valence electrons. The number of aromatic nitrogens is 1. The van der Waals surface area contributed by atoms with Crippen molar-refractivity contribution in [3.05, 3.63) is 53.9 Å². The zero-order valence-electron chi connectivity index (χ0n) is 16.4. The van der Waals surface area contributed by atoms with Crippen LogP contribution in [0.15, 0.2) is 42.6 Å². The SMILES string of the molecule is COC(=O)c1ccc(/C=C/C(=O)N2CCN(c3ccc(OC)c(O)c3)CC2)cn1. The van der Waals surface area contributed by atoms with Crippen LogP contribution in [-0.4, -0.2) is 67.3 Å². The molecule has 2 aromatic rings. The van der Waals surface area contributed by atoms with Gasteiger partial charge in [0, 0.05) is 50.2 Å². The number of hydrogen-bond acceptors (Lipinski definition) is 7. The monoisotopic (exact) mass is 397 g/mol. The van der Waals surface area contributed by atoms with Crippen molar-refractivity contribution < 1.29 is 24.2 Å². The van der Waals surface area contributed by atoms with Crippen molar-refractivity contribution in [2.24, 2.45) is 0 Å². The second-order valence-electron chi connectivity index (χ2n) is 6.47. The third-order valence-electron chi connectivity index (χ3n) is 4.72. The minimum atomic E-state index is -0.500. The normalized spacial score (nSPS) is 14.1. The van der Waals surface area contributed by atoms with Crippen molar-refractivity contribution in [3.8, 4) is 11.5 Å². The molecule has 2 heterocycles. The van der Waals surface area contributed by atoms with E-state index in [0.29, 0.717) is 31.9 Å². The highest BCUT2D eigenvalue weighted by atomic mass is 16.5. The van der Waals surface area contributed by atoms with E-state index in [1.807, 2.05) is 6.07 Å². The van der Waals surface area contributed by atoms with Gasteiger partial charge in [0.05, 0.1) is 14.2 Å². The Kier molecular flexibility index (Phi) is 6.33. The average molecular weight is 397 g/mol. The van der Waals surface area contributed by atoms with Gasteiger partial charge in [0.2, 0.25) is 5.91 Å². The van der Waals surface area contributed by atoms with E-state index in [4.69, 9.17) is 4.74 Å². The van der Waals surface area contributed by atoms with Crippen molar-refractivity contribution >= 4 is 23.6 Å². The molecule has 1 fully saturated rings. The molecule has 1 aromatic carbocycles. The number of anilines is 1. The Bertz CT molecular complexity index is 903. The lowest BCUT2D eigenvalue weighted by molar-refractivity contribution is -0.126. The van der Waals surface area contributed by atoms with Crippen LogP contribution in [0, 0.1) is 0 Å². The number of carbonyl (C=O) groups excluding carboxylic acids is 2. The van der Waals surface area contributed by atoms with Gasteiger partial charge in [0.15, 0.2) is 11.5 Å². The highest BCUT2D eigenvalue weighted by molar-refractivity contribution is 5.92. The Morgan fingerprint density at radius 3 is 2.45 bits per heavy atom. The van der Waals surface area contributed by atoms with Crippen LogP contribution in [-0.2, 0) is 9.53 Å². The fraction of sp³-hybridized carbons (Fsp3) is 0.286. The number of hydrogen-bond donors (Lipinski definition) is 1. The number of amides is 1. The number of benzene rings is 1. The topological polar surface area (TPSA) is 92.2 Å². The molecule has 1 amide bonds. The van der Waals surface area contributed by atoms with E-state index in [-0.39, 0.29) is 17.4 Å². The van der Waals surface area contributed by atoms with Crippen molar-refractivity contribution in [1.29, 1.82) is 0 Å². The molecular formula is C21H23N3O5. The predicted molar refractivity (Wildman–Crippen MR) is 108 cm³/mol. The van der Waals surface area contributed by atoms with E-state index in [1.54, 1.807) is 35.2 Å². The smallest absolute Gasteiger partial charge is 0.356 e. The number of phenols is 1. The summed E-state index contributed by atoms with van der Waals surface area (Å²) >= 11 is 0. The Hall–Kier alpha value is -3.55. The third-order valence-corrected chi connectivity index (χ3v) is 4.72. The second-order valence-corrected chi connectivity index (χ2v) is 6.47.